The first kappa shape index (κ1) is 16.3. The standard InChI is InChI=1S/C22H26N2O/c1-15-5-8-20-19(14-15)7-6-18-4-3-11-23-22(18)21(20)17-9-12-24(13-10-17)16(2)25/h3-5,8,11,14,17,21H,6-7,9-10,12-13H2,1-2H3. The van der Waals surface area contributed by atoms with Gasteiger partial charge in [0, 0.05) is 32.1 Å². The van der Waals surface area contributed by atoms with Crippen molar-refractivity contribution in [2.24, 2.45) is 5.92 Å². The van der Waals surface area contributed by atoms with Crippen LogP contribution in [0.15, 0.2) is 36.5 Å². The Morgan fingerprint density at radius 2 is 1.88 bits per heavy atom. The summed E-state index contributed by atoms with van der Waals surface area (Å²) < 4.78 is 0. The van der Waals surface area contributed by atoms with Crippen LogP contribution in [0, 0.1) is 12.8 Å². The van der Waals surface area contributed by atoms with E-state index >= 15 is 0 Å². The third kappa shape index (κ3) is 3.08. The van der Waals surface area contributed by atoms with Crippen LogP contribution in [0.3, 0.4) is 0 Å². The van der Waals surface area contributed by atoms with Gasteiger partial charge in [-0.2, -0.15) is 0 Å². The third-order valence-electron chi connectivity index (χ3n) is 5.97. The molecular formula is C22H26N2O. The molecule has 1 atom stereocenters. The molecule has 1 aliphatic heterocycles. The SMILES string of the molecule is CC(=O)N1CCC(C2c3ccc(C)cc3CCc3cccnc32)CC1. The maximum Gasteiger partial charge on any atom is 0.219 e. The number of fused-ring (bicyclic) bond motifs is 2. The summed E-state index contributed by atoms with van der Waals surface area (Å²) in [7, 11) is 0. The Morgan fingerprint density at radius 1 is 1.12 bits per heavy atom. The van der Waals surface area contributed by atoms with Crippen LogP contribution >= 0.6 is 0 Å². The Bertz CT molecular complexity index is 790. The molecular weight excluding hydrogens is 308 g/mol. The lowest BCUT2D eigenvalue weighted by molar-refractivity contribution is -0.130. The average molecular weight is 334 g/mol. The normalized spacial score (nSPS) is 20.6. The minimum absolute atomic E-state index is 0.203. The first-order valence-electron chi connectivity index (χ1n) is 9.42. The number of rotatable bonds is 1. The Balaban J connectivity index is 1.74. The molecule has 0 N–H and O–H groups in total. The van der Waals surface area contributed by atoms with Crippen LogP contribution in [-0.4, -0.2) is 28.9 Å². The van der Waals surface area contributed by atoms with Gasteiger partial charge in [-0.05, 0) is 61.3 Å². The van der Waals surface area contributed by atoms with E-state index in [1.165, 1.54) is 27.9 Å². The molecule has 1 aliphatic carbocycles. The summed E-state index contributed by atoms with van der Waals surface area (Å²) >= 11 is 0. The van der Waals surface area contributed by atoms with Crippen molar-refractivity contribution in [2.45, 2.75) is 45.4 Å². The first-order valence-corrected chi connectivity index (χ1v) is 9.42. The number of hydrogen-bond acceptors (Lipinski definition) is 2. The molecule has 3 nitrogen and oxygen atoms in total. The minimum atomic E-state index is 0.203. The highest BCUT2D eigenvalue weighted by molar-refractivity contribution is 5.73. The first-order chi connectivity index (χ1) is 12.1. The highest BCUT2D eigenvalue weighted by atomic mass is 16.2. The number of benzene rings is 1. The molecule has 4 rings (SSSR count). The van der Waals surface area contributed by atoms with Gasteiger partial charge < -0.3 is 4.90 Å². The van der Waals surface area contributed by atoms with Crippen LogP contribution in [0.2, 0.25) is 0 Å². The van der Waals surface area contributed by atoms with Crippen molar-refractivity contribution in [3.05, 3.63) is 64.5 Å². The molecule has 0 spiro atoms. The molecule has 1 aromatic heterocycles. The molecule has 2 heterocycles. The lowest BCUT2D eigenvalue weighted by atomic mass is 9.76. The zero-order chi connectivity index (χ0) is 17.4. The van der Waals surface area contributed by atoms with Gasteiger partial charge in [-0.15, -0.1) is 0 Å². The molecule has 0 bridgehead atoms. The molecule has 1 unspecified atom stereocenters. The molecule has 1 aromatic carbocycles. The molecule has 2 aromatic rings. The molecule has 0 saturated carbocycles. The zero-order valence-corrected chi connectivity index (χ0v) is 15.2. The second-order valence-corrected chi connectivity index (χ2v) is 7.57. The maximum atomic E-state index is 11.7. The maximum absolute atomic E-state index is 11.7. The van der Waals surface area contributed by atoms with Gasteiger partial charge in [0.05, 0.1) is 5.69 Å². The number of nitrogens with zero attached hydrogens (tertiary/aromatic N) is 2. The van der Waals surface area contributed by atoms with Crippen molar-refractivity contribution in [2.75, 3.05) is 13.1 Å². The number of aryl methyl sites for hydroxylation is 3. The summed E-state index contributed by atoms with van der Waals surface area (Å²) in [5.74, 6) is 1.13. The predicted octanol–water partition coefficient (Wildman–Crippen LogP) is 3.88. The summed E-state index contributed by atoms with van der Waals surface area (Å²) in [5, 5.41) is 0. The van der Waals surface area contributed by atoms with Crippen molar-refractivity contribution in [1.82, 2.24) is 9.88 Å². The van der Waals surface area contributed by atoms with Crippen molar-refractivity contribution in [3.63, 3.8) is 0 Å². The molecule has 3 heteroatoms. The molecule has 1 saturated heterocycles. The van der Waals surface area contributed by atoms with E-state index in [4.69, 9.17) is 4.98 Å². The Morgan fingerprint density at radius 3 is 2.64 bits per heavy atom. The largest absolute Gasteiger partial charge is 0.343 e. The van der Waals surface area contributed by atoms with Crippen LogP contribution in [0.1, 0.15) is 53.6 Å². The predicted molar refractivity (Wildman–Crippen MR) is 99.6 cm³/mol. The van der Waals surface area contributed by atoms with Crippen molar-refractivity contribution in [3.8, 4) is 0 Å². The fourth-order valence-electron chi connectivity index (χ4n) is 4.64. The summed E-state index contributed by atoms with van der Waals surface area (Å²) in [5.41, 5.74) is 6.95. The quantitative estimate of drug-likeness (QED) is 0.793. The summed E-state index contributed by atoms with van der Waals surface area (Å²) in [4.78, 5) is 18.5. The van der Waals surface area contributed by atoms with E-state index in [-0.39, 0.29) is 5.91 Å². The van der Waals surface area contributed by atoms with Crippen LogP contribution in [0.4, 0.5) is 0 Å². The number of piperidine rings is 1. The van der Waals surface area contributed by atoms with Gasteiger partial charge in [0.15, 0.2) is 0 Å². The van der Waals surface area contributed by atoms with Crippen LogP contribution in [-0.2, 0) is 17.6 Å². The van der Waals surface area contributed by atoms with Gasteiger partial charge in [-0.25, -0.2) is 0 Å². The lowest BCUT2D eigenvalue weighted by Crippen LogP contribution is -2.38. The highest BCUT2D eigenvalue weighted by Gasteiger charge is 2.34. The van der Waals surface area contributed by atoms with E-state index < -0.39 is 0 Å². The number of carbonyl (C=O) groups is 1. The van der Waals surface area contributed by atoms with Gasteiger partial charge in [0.2, 0.25) is 5.91 Å². The summed E-state index contributed by atoms with van der Waals surface area (Å²) in [6.45, 7) is 5.61. The Hall–Kier alpha value is -2.16. The second kappa shape index (κ2) is 6.62. The zero-order valence-electron chi connectivity index (χ0n) is 15.2. The van der Waals surface area contributed by atoms with Crippen molar-refractivity contribution < 1.29 is 4.79 Å². The number of pyridine rings is 1. The van der Waals surface area contributed by atoms with Crippen LogP contribution < -0.4 is 0 Å². The Kier molecular flexibility index (Phi) is 4.32. The Labute approximate surface area is 150 Å². The molecule has 2 aliphatic rings. The molecule has 130 valence electrons. The molecule has 1 fully saturated rings. The molecule has 1 amide bonds. The van der Waals surface area contributed by atoms with Crippen molar-refractivity contribution >= 4 is 5.91 Å². The topological polar surface area (TPSA) is 33.2 Å². The number of carbonyl (C=O) groups excluding carboxylic acids is 1. The van der Waals surface area contributed by atoms with Crippen LogP contribution in [0.25, 0.3) is 0 Å². The van der Waals surface area contributed by atoms with Gasteiger partial charge in [-0.3, -0.25) is 9.78 Å². The fraction of sp³-hybridized carbons (Fsp3) is 0.455. The summed E-state index contributed by atoms with van der Waals surface area (Å²) in [6, 6.07) is 11.2. The van der Waals surface area contributed by atoms with Gasteiger partial charge in [-0.1, -0.05) is 29.8 Å². The van der Waals surface area contributed by atoms with Crippen molar-refractivity contribution in [1.29, 1.82) is 0 Å². The van der Waals surface area contributed by atoms with E-state index in [1.54, 1.807) is 6.92 Å². The number of aromatic nitrogens is 1. The minimum Gasteiger partial charge on any atom is -0.343 e. The number of hydrogen-bond donors (Lipinski definition) is 0. The third-order valence-corrected chi connectivity index (χ3v) is 5.97. The second-order valence-electron chi connectivity index (χ2n) is 7.57. The van der Waals surface area contributed by atoms with Gasteiger partial charge >= 0.3 is 0 Å². The van der Waals surface area contributed by atoms with Crippen LogP contribution in [0.5, 0.6) is 0 Å². The summed E-state index contributed by atoms with van der Waals surface area (Å²) in [6.07, 6.45) is 6.23. The number of likely N-dealkylation sites (tertiary alicyclic amines) is 1. The monoisotopic (exact) mass is 334 g/mol. The van der Waals surface area contributed by atoms with E-state index in [0.717, 1.165) is 38.8 Å². The van der Waals surface area contributed by atoms with E-state index in [2.05, 4.69) is 37.3 Å². The van der Waals surface area contributed by atoms with Gasteiger partial charge in [0.25, 0.3) is 0 Å². The smallest absolute Gasteiger partial charge is 0.219 e. The lowest BCUT2D eigenvalue weighted by Gasteiger charge is -2.36. The fourth-order valence-corrected chi connectivity index (χ4v) is 4.64. The molecule has 0 radical (unpaired) electrons. The van der Waals surface area contributed by atoms with E-state index in [1.807, 2.05) is 11.1 Å². The van der Waals surface area contributed by atoms with Gasteiger partial charge in [0.1, 0.15) is 0 Å². The number of amides is 1. The van der Waals surface area contributed by atoms with E-state index in [9.17, 15) is 4.79 Å². The molecule has 25 heavy (non-hydrogen) atoms. The highest BCUT2D eigenvalue weighted by Crippen LogP contribution is 2.42. The average Bonchev–Trinajstić information content (AvgIpc) is 2.78. The van der Waals surface area contributed by atoms with E-state index in [0.29, 0.717) is 11.8 Å².